The molecule has 2 amide bonds. The van der Waals surface area contributed by atoms with Gasteiger partial charge in [0.1, 0.15) is 11.5 Å². The van der Waals surface area contributed by atoms with E-state index in [-0.39, 0.29) is 6.03 Å². The average molecular weight is 283 g/mol. The smallest absolute Gasteiger partial charge is 0.339 e. The molecule has 1 saturated carbocycles. The maximum Gasteiger partial charge on any atom is 0.339 e. The Hall–Kier alpha value is -2.56. The number of nitrogens with zero attached hydrogens (tertiary/aromatic N) is 1. The molecule has 0 aliphatic heterocycles. The lowest BCUT2D eigenvalue weighted by Gasteiger charge is -2.02. The molecule has 0 bridgehead atoms. The summed E-state index contributed by atoms with van der Waals surface area (Å²) in [5, 5.41) is 6.54. The van der Waals surface area contributed by atoms with Gasteiger partial charge in [0.25, 0.3) is 0 Å². The van der Waals surface area contributed by atoms with Crippen LogP contribution in [0.5, 0.6) is 0 Å². The van der Waals surface area contributed by atoms with E-state index in [0.29, 0.717) is 23.3 Å². The summed E-state index contributed by atoms with van der Waals surface area (Å²) >= 11 is 0. The van der Waals surface area contributed by atoms with Crippen molar-refractivity contribution < 1.29 is 9.21 Å². The van der Waals surface area contributed by atoms with Gasteiger partial charge in [-0.1, -0.05) is 25.1 Å². The highest BCUT2D eigenvalue weighted by molar-refractivity contribution is 5.89. The van der Waals surface area contributed by atoms with Crippen molar-refractivity contribution in [2.24, 2.45) is 11.0 Å². The van der Waals surface area contributed by atoms with Gasteiger partial charge in [0, 0.05) is 11.6 Å². The molecule has 1 aliphatic rings. The minimum atomic E-state index is -0.389. The van der Waals surface area contributed by atoms with Gasteiger partial charge < -0.3 is 9.73 Å². The van der Waals surface area contributed by atoms with Crippen LogP contribution < -0.4 is 10.7 Å². The first-order valence-corrected chi connectivity index (χ1v) is 6.97. The third kappa shape index (κ3) is 3.51. The predicted octanol–water partition coefficient (Wildman–Crippen LogP) is 3.56. The number of para-hydroxylation sites is 1. The second-order valence-electron chi connectivity index (χ2n) is 5.25. The van der Waals surface area contributed by atoms with Crippen molar-refractivity contribution in [3.05, 3.63) is 54.0 Å². The number of furan rings is 1. The highest BCUT2D eigenvalue weighted by Gasteiger charge is 2.36. The van der Waals surface area contributed by atoms with E-state index in [1.54, 1.807) is 12.1 Å². The molecule has 1 aromatic carbocycles. The first kappa shape index (κ1) is 13.4. The number of benzene rings is 1. The van der Waals surface area contributed by atoms with E-state index in [1.165, 1.54) is 12.6 Å². The molecule has 5 nitrogen and oxygen atoms in total. The molecule has 21 heavy (non-hydrogen) atoms. The minimum Gasteiger partial charge on any atom is -0.460 e. The van der Waals surface area contributed by atoms with E-state index in [0.717, 1.165) is 5.76 Å². The Bertz CT molecular complexity index is 649. The van der Waals surface area contributed by atoms with Gasteiger partial charge in [0.05, 0.1) is 6.21 Å². The minimum absolute atomic E-state index is 0.389. The van der Waals surface area contributed by atoms with E-state index in [1.807, 2.05) is 30.3 Å². The van der Waals surface area contributed by atoms with Crippen LogP contribution >= 0.6 is 0 Å². The van der Waals surface area contributed by atoms with Gasteiger partial charge in [-0.05, 0) is 36.6 Å². The predicted molar refractivity (Wildman–Crippen MR) is 81.4 cm³/mol. The Morgan fingerprint density at radius 2 is 2.05 bits per heavy atom. The Labute approximate surface area is 123 Å². The quantitative estimate of drug-likeness (QED) is 0.665. The summed E-state index contributed by atoms with van der Waals surface area (Å²) in [7, 11) is 0. The van der Waals surface area contributed by atoms with E-state index >= 15 is 0 Å². The van der Waals surface area contributed by atoms with Crippen molar-refractivity contribution in [2.75, 3.05) is 5.32 Å². The molecular formula is C16H17N3O2. The fourth-order valence-electron chi connectivity index (χ4n) is 2.19. The van der Waals surface area contributed by atoms with Crippen LogP contribution in [-0.4, -0.2) is 12.2 Å². The number of anilines is 1. The monoisotopic (exact) mass is 283 g/mol. The highest BCUT2D eigenvalue weighted by Crippen LogP contribution is 2.47. The zero-order valence-corrected chi connectivity index (χ0v) is 11.7. The van der Waals surface area contributed by atoms with Crippen molar-refractivity contribution in [2.45, 2.75) is 19.3 Å². The highest BCUT2D eigenvalue weighted by atomic mass is 16.3. The van der Waals surface area contributed by atoms with Gasteiger partial charge >= 0.3 is 6.03 Å². The van der Waals surface area contributed by atoms with E-state index < -0.39 is 0 Å². The summed E-state index contributed by atoms with van der Waals surface area (Å²) in [6.45, 7) is 2.20. The lowest BCUT2D eigenvalue weighted by atomic mass is 10.3. The molecule has 1 aromatic heterocycles. The van der Waals surface area contributed by atoms with Crippen molar-refractivity contribution >= 4 is 17.9 Å². The Morgan fingerprint density at radius 3 is 2.76 bits per heavy atom. The number of urea groups is 1. The lowest BCUT2D eigenvalue weighted by Crippen LogP contribution is -2.24. The topological polar surface area (TPSA) is 66.6 Å². The third-order valence-corrected chi connectivity index (χ3v) is 3.51. The first-order chi connectivity index (χ1) is 10.2. The second kappa shape index (κ2) is 5.83. The van der Waals surface area contributed by atoms with Crippen molar-refractivity contribution in [1.82, 2.24) is 5.43 Å². The zero-order chi connectivity index (χ0) is 14.7. The summed E-state index contributed by atoms with van der Waals surface area (Å²) in [6.07, 6.45) is 2.68. The van der Waals surface area contributed by atoms with Crippen LogP contribution in [0.4, 0.5) is 10.5 Å². The molecule has 1 fully saturated rings. The largest absolute Gasteiger partial charge is 0.460 e. The summed E-state index contributed by atoms with van der Waals surface area (Å²) in [5.41, 5.74) is 3.12. The fourth-order valence-corrected chi connectivity index (χ4v) is 2.19. The Balaban J connectivity index is 1.50. The molecule has 0 spiro atoms. The van der Waals surface area contributed by atoms with E-state index in [2.05, 4.69) is 22.8 Å². The van der Waals surface area contributed by atoms with Crippen molar-refractivity contribution in [3.63, 3.8) is 0 Å². The zero-order valence-electron chi connectivity index (χ0n) is 11.7. The molecule has 2 aromatic rings. The molecule has 1 heterocycles. The van der Waals surface area contributed by atoms with Gasteiger partial charge in [-0.3, -0.25) is 0 Å². The van der Waals surface area contributed by atoms with E-state index in [9.17, 15) is 4.79 Å². The number of hydrogen-bond acceptors (Lipinski definition) is 3. The molecule has 0 saturated heterocycles. The SMILES string of the molecule is C[C@@H]1C[C@H]1c1ccc(/C=N\NC(=O)Nc2ccccc2)o1. The molecule has 108 valence electrons. The Morgan fingerprint density at radius 1 is 1.29 bits per heavy atom. The van der Waals surface area contributed by atoms with Gasteiger partial charge in [-0.2, -0.15) is 5.10 Å². The Kier molecular flexibility index (Phi) is 3.73. The lowest BCUT2D eigenvalue weighted by molar-refractivity contribution is 0.252. The summed E-state index contributed by atoms with van der Waals surface area (Å²) in [6, 6.07) is 12.6. The normalized spacial score (nSPS) is 20.4. The number of amides is 2. The van der Waals surface area contributed by atoms with Crippen LogP contribution in [0.2, 0.25) is 0 Å². The van der Waals surface area contributed by atoms with Gasteiger partial charge in [-0.25, -0.2) is 10.2 Å². The van der Waals surface area contributed by atoms with Gasteiger partial charge in [-0.15, -0.1) is 0 Å². The maximum absolute atomic E-state index is 11.6. The third-order valence-electron chi connectivity index (χ3n) is 3.51. The molecule has 0 unspecified atom stereocenters. The van der Waals surface area contributed by atoms with Crippen LogP contribution in [-0.2, 0) is 0 Å². The van der Waals surface area contributed by atoms with Crippen molar-refractivity contribution in [1.29, 1.82) is 0 Å². The molecule has 3 rings (SSSR count). The molecule has 1 aliphatic carbocycles. The number of nitrogens with one attached hydrogen (secondary N) is 2. The second-order valence-corrected chi connectivity index (χ2v) is 5.25. The molecule has 2 N–H and O–H groups in total. The van der Waals surface area contributed by atoms with Crippen LogP contribution in [0.25, 0.3) is 0 Å². The number of carbonyl (C=O) groups excluding carboxylic acids is 1. The number of hydrazone groups is 1. The molecular weight excluding hydrogens is 266 g/mol. The summed E-state index contributed by atoms with van der Waals surface area (Å²) < 4.78 is 5.66. The molecule has 5 heteroatoms. The molecule has 0 radical (unpaired) electrons. The van der Waals surface area contributed by atoms with Crippen molar-refractivity contribution in [3.8, 4) is 0 Å². The van der Waals surface area contributed by atoms with Crippen LogP contribution in [0.15, 0.2) is 52.0 Å². The van der Waals surface area contributed by atoms with Crippen LogP contribution in [0, 0.1) is 5.92 Å². The van der Waals surface area contributed by atoms with E-state index in [4.69, 9.17) is 4.42 Å². The number of carbonyl (C=O) groups is 1. The van der Waals surface area contributed by atoms with Gasteiger partial charge in [0.15, 0.2) is 0 Å². The maximum atomic E-state index is 11.6. The first-order valence-electron chi connectivity index (χ1n) is 6.97. The average Bonchev–Trinajstić information content (AvgIpc) is 3.02. The number of hydrogen-bond donors (Lipinski definition) is 2. The van der Waals surface area contributed by atoms with Crippen LogP contribution in [0.1, 0.15) is 30.8 Å². The summed E-state index contributed by atoms with van der Waals surface area (Å²) in [5.74, 6) is 2.89. The van der Waals surface area contributed by atoms with Crippen LogP contribution in [0.3, 0.4) is 0 Å². The molecule has 2 atom stereocenters. The van der Waals surface area contributed by atoms with Gasteiger partial charge in [0.2, 0.25) is 0 Å². The fraction of sp³-hybridized carbons (Fsp3) is 0.250. The summed E-state index contributed by atoms with van der Waals surface area (Å²) in [4.78, 5) is 11.6. The number of rotatable bonds is 4. The standard InChI is InChI=1S/C16H17N3O2/c1-11-9-14(11)15-8-7-13(21-15)10-17-19-16(20)18-12-5-3-2-4-6-12/h2-8,10-11,14H,9H2,1H3,(H2,18,19,20)/b17-10-/t11-,14-/m1/s1.